The highest BCUT2D eigenvalue weighted by Gasteiger charge is 2.23. The van der Waals surface area contributed by atoms with Crippen LogP contribution in [0.1, 0.15) is 29.7 Å². The summed E-state index contributed by atoms with van der Waals surface area (Å²) < 4.78 is 34.1. The van der Waals surface area contributed by atoms with Crippen LogP contribution in [-0.2, 0) is 10.0 Å². The van der Waals surface area contributed by atoms with E-state index in [-0.39, 0.29) is 4.90 Å². The Hall–Kier alpha value is -2.44. The molecule has 26 heavy (non-hydrogen) atoms. The average molecular weight is 370 g/mol. The zero-order valence-corrected chi connectivity index (χ0v) is 16.1. The van der Waals surface area contributed by atoms with Gasteiger partial charge in [-0.3, -0.25) is 4.98 Å². The van der Waals surface area contributed by atoms with Gasteiger partial charge in [-0.05, 0) is 44.5 Å². The molecule has 2 aromatic carbocycles. The van der Waals surface area contributed by atoms with E-state index in [1.807, 2.05) is 44.2 Å². The Bertz CT molecular complexity index is 1060. The fourth-order valence-corrected chi connectivity index (χ4v) is 4.41. The minimum Gasteiger partial charge on any atom is -0.496 e. The van der Waals surface area contributed by atoms with Gasteiger partial charge in [0.15, 0.2) is 0 Å². The van der Waals surface area contributed by atoms with Crippen LogP contribution in [-0.4, -0.2) is 20.5 Å². The first kappa shape index (κ1) is 18.4. The van der Waals surface area contributed by atoms with Gasteiger partial charge in [0, 0.05) is 23.2 Å². The standard InChI is InChI=1S/C20H22N2O3S/c1-13-8-9-18(25-4)17(11-13)15(3)22-26(23,24)19-7-5-6-16-10-14(2)12-21-20(16)19/h5-12,15,22H,1-4H3. The number of para-hydroxylation sites is 1. The normalized spacial score (nSPS) is 12.9. The van der Waals surface area contributed by atoms with Crippen molar-refractivity contribution in [1.29, 1.82) is 0 Å². The first-order valence-electron chi connectivity index (χ1n) is 8.34. The van der Waals surface area contributed by atoms with E-state index in [9.17, 15) is 8.42 Å². The molecular formula is C20H22N2O3S. The van der Waals surface area contributed by atoms with Gasteiger partial charge in [-0.15, -0.1) is 0 Å². The highest BCUT2D eigenvalue weighted by molar-refractivity contribution is 7.89. The number of aryl methyl sites for hydroxylation is 2. The van der Waals surface area contributed by atoms with Gasteiger partial charge in [0.25, 0.3) is 0 Å². The van der Waals surface area contributed by atoms with Crippen molar-refractivity contribution in [2.75, 3.05) is 7.11 Å². The van der Waals surface area contributed by atoms with Gasteiger partial charge in [-0.1, -0.05) is 29.8 Å². The van der Waals surface area contributed by atoms with E-state index in [4.69, 9.17) is 4.74 Å². The van der Waals surface area contributed by atoms with Crippen molar-refractivity contribution in [3.8, 4) is 5.75 Å². The van der Waals surface area contributed by atoms with Crippen molar-refractivity contribution < 1.29 is 13.2 Å². The molecule has 0 amide bonds. The van der Waals surface area contributed by atoms with Crippen LogP contribution in [0.3, 0.4) is 0 Å². The number of methoxy groups -OCH3 is 1. The van der Waals surface area contributed by atoms with Crippen LogP contribution in [0.4, 0.5) is 0 Å². The van der Waals surface area contributed by atoms with Gasteiger partial charge in [0.05, 0.1) is 12.6 Å². The van der Waals surface area contributed by atoms with Crippen LogP contribution in [0.5, 0.6) is 5.75 Å². The minimum atomic E-state index is -3.75. The fourth-order valence-electron chi connectivity index (χ4n) is 3.01. The van der Waals surface area contributed by atoms with E-state index in [1.54, 1.807) is 32.4 Å². The minimum absolute atomic E-state index is 0.175. The predicted molar refractivity (Wildman–Crippen MR) is 103 cm³/mol. The summed E-state index contributed by atoms with van der Waals surface area (Å²) in [4.78, 5) is 4.51. The van der Waals surface area contributed by atoms with E-state index >= 15 is 0 Å². The van der Waals surface area contributed by atoms with E-state index in [1.165, 1.54) is 0 Å². The Balaban J connectivity index is 2.01. The molecule has 1 heterocycles. The number of benzene rings is 2. The Morgan fingerprint density at radius 2 is 1.85 bits per heavy atom. The van der Waals surface area contributed by atoms with Gasteiger partial charge >= 0.3 is 0 Å². The largest absolute Gasteiger partial charge is 0.496 e. The second kappa shape index (κ2) is 7.05. The summed E-state index contributed by atoms with van der Waals surface area (Å²) in [5, 5.41) is 0.800. The second-order valence-corrected chi connectivity index (χ2v) is 8.11. The second-order valence-electron chi connectivity index (χ2n) is 6.43. The van der Waals surface area contributed by atoms with Crippen molar-refractivity contribution in [3.05, 3.63) is 65.4 Å². The number of pyridine rings is 1. The third kappa shape index (κ3) is 3.57. The van der Waals surface area contributed by atoms with Crippen LogP contribution >= 0.6 is 0 Å². The summed E-state index contributed by atoms with van der Waals surface area (Å²) >= 11 is 0. The zero-order chi connectivity index (χ0) is 18.9. The molecule has 1 N–H and O–H groups in total. The van der Waals surface area contributed by atoms with Crippen LogP contribution in [0.2, 0.25) is 0 Å². The smallest absolute Gasteiger partial charge is 0.243 e. The Morgan fingerprint density at radius 3 is 2.58 bits per heavy atom. The average Bonchev–Trinajstić information content (AvgIpc) is 2.60. The summed E-state index contributed by atoms with van der Waals surface area (Å²) in [6.45, 7) is 5.69. The number of nitrogens with zero attached hydrogens (tertiary/aromatic N) is 1. The molecule has 0 bridgehead atoms. The number of hydrogen-bond acceptors (Lipinski definition) is 4. The van der Waals surface area contributed by atoms with Crippen molar-refractivity contribution in [2.24, 2.45) is 0 Å². The van der Waals surface area contributed by atoms with Crippen LogP contribution in [0.15, 0.2) is 53.6 Å². The molecule has 0 aliphatic rings. The lowest BCUT2D eigenvalue weighted by Crippen LogP contribution is -2.27. The monoisotopic (exact) mass is 370 g/mol. The lowest BCUT2D eigenvalue weighted by Gasteiger charge is -2.18. The zero-order valence-electron chi connectivity index (χ0n) is 15.3. The molecule has 0 aliphatic heterocycles. The van der Waals surface area contributed by atoms with Gasteiger partial charge in [0.2, 0.25) is 10.0 Å². The van der Waals surface area contributed by atoms with Gasteiger partial charge in [0.1, 0.15) is 10.6 Å². The fraction of sp³-hybridized carbons (Fsp3) is 0.250. The molecule has 6 heteroatoms. The van der Waals surface area contributed by atoms with Crippen LogP contribution in [0, 0.1) is 13.8 Å². The van der Waals surface area contributed by atoms with E-state index < -0.39 is 16.1 Å². The number of hydrogen-bond donors (Lipinski definition) is 1. The van der Waals surface area contributed by atoms with Crippen molar-refractivity contribution in [2.45, 2.75) is 31.7 Å². The quantitative estimate of drug-likeness (QED) is 0.740. The topological polar surface area (TPSA) is 68.3 Å². The first-order valence-corrected chi connectivity index (χ1v) is 9.82. The number of ether oxygens (including phenoxy) is 1. The Morgan fingerprint density at radius 1 is 1.08 bits per heavy atom. The molecule has 3 aromatic rings. The highest BCUT2D eigenvalue weighted by atomic mass is 32.2. The lowest BCUT2D eigenvalue weighted by molar-refractivity contribution is 0.405. The molecule has 136 valence electrons. The van der Waals surface area contributed by atoms with Crippen molar-refractivity contribution in [3.63, 3.8) is 0 Å². The molecule has 0 aliphatic carbocycles. The third-order valence-corrected chi connectivity index (χ3v) is 5.86. The molecule has 0 spiro atoms. The summed E-state index contributed by atoms with van der Waals surface area (Å²) in [7, 11) is -2.18. The molecule has 1 unspecified atom stereocenters. The van der Waals surface area contributed by atoms with Crippen LogP contribution in [0.25, 0.3) is 10.9 Å². The molecule has 5 nitrogen and oxygen atoms in total. The van der Waals surface area contributed by atoms with Gasteiger partial charge in [-0.25, -0.2) is 13.1 Å². The predicted octanol–water partition coefficient (Wildman–Crippen LogP) is 3.90. The third-order valence-electron chi connectivity index (χ3n) is 4.28. The van der Waals surface area contributed by atoms with Crippen molar-refractivity contribution in [1.82, 2.24) is 9.71 Å². The number of rotatable bonds is 5. The number of fused-ring (bicyclic) bond motifs is 1. The maximum absolute atomic E-state index is 13.0. The number of aromatic nitrogens is 1. The Kier molecular flexibility index (Phi) is 4.98. The summed E-state index contributed by atoms with van der Waals surface area (Å²) in [6.07, 6.45) is 1.67. The van der Waals surface area contributed by atoms with E-state index in [0.29, 0.717) is 11.3 Å². The van der Waals surface area contributed by atoms with Gasteiger partial charge < -0.3 is 4.74 Å². The number of sulfonamides is 1. The van der Waals surface area contributed by atoms with E-state index in [2.05, 4.69) is 9.71 Å². The molecule has 0 saturated heterocycles. The molecule has 0 fully saturated rings. The molecule has 0 radical (unpaired) electrons. The van der Waals surface area contributed by atoms with Crippen LogP contribution < -0.4 is 9.46 Å². The highest BCUT2D eigenvalue weighted by Crippen LogP contribution is 2.28. The maximum atomic E-state index is 13.0. The molecule has 1 atom stereocenters. The summed E-state index contributed by atoms with van der Waals surface area (Å²) in [5.41, 5.74) is 3.28. The summed E-state index contributed by atoms with van der Waals surface area (Å²) in [6, 6.07) is 12.4. The molecular weight excluding hydrogens is 348 g/mol. The SMILES string of the molecule is COc1ccc(C)cc1C(C)NS(=O)(=O)c1cccc2cc(C)cnc12. The first-order chi connectivity index (χ1) is 12.3. The summed E-state index contributed by atoms with van der Waals surface area (Å²) in [5.74, 6) is 0.650. The Labute approximate surface area is 154 Å². The maximum Gasteiger partial charge on any atom is 0.243 e. The van der Waals surface area contributed by atoms with Crippen molar-refractivity contribution >= 4 is 20.9 Å². The van der Waals surface area contributed by atoms with E-state index in [0.717, 1.165) is 22.1 Å². The number of nitrogens with one attached hydrogen (secondary N) is 1. The molecule has 1 aromatic heterocycles. The molecule has 0 saturated carbocycles. The van der Waals surface area contributed by atoms with Gasteiger partial charge in [-0.2, -0.15) is 0 Å². The molecule has 3 rings (SSSR count). The lowest BCUT2D eigenvalue weighted by atomic mass is 10.1.